The van der Waals surface area contributed by atoms with Crippen LogP contribution >= 0.6 is 0 Å². The Bertz CT molecular complexity index is 133. The van der Waals surface area contributed by atoms with E-state index in [0.29, 0.717) is 0 Å². The quantitative estimate of drug-likeness (QED) is 0.581. The maximum Gasteiger partial charge on any atom is -0.0352 e. The van der Waals surface area contributed by atoms with Crippen LogP contribution in [0.4, 0.5) is 0 Å². The highest BCUT2D eigenvalue weighted by atomic mass is 14.6. The number of hydrogen-bond donors (Lipinski definition) is 0. The predicted octanol–water partition coefficient (Wildman–Crippen LogP) is 3.47. The van der Waals surface area contributed by atoms with Crippen LogP contribution in [0.3, 0.4) is 0 Å². The zero-order valence-corrected chi connectivity index (χ0v) is 7.84. The van der Waals surface area contributed by atoms with Crippen LogP contribution in [-0.4, -0.2) is 0 Å². The van der Waals surface area contributed by atoms with Crippen LogP contribution in [0.15, 0.2) is 0 Å². The second kappa shape index (κ2) is 2.80. The molecule has 11 heavy (non-hydrogen) atoms. The van der Waals surface area contributed by atoms with Crippen LogP contribution in [0, 0.1) is 23.7 Å². The van der Waals surface area contributed by atoms with Crippen molar-refractivity contribution in [3.63, 3.8) is 0 Å². The summed E-state index contributed by atoms with van der Waals surface area (Å²) < 4.78 is 0. The lowest BCUT2D eigenvalue weighted by molar-refractivity contribution is -0.0962. The summed E-state index contributed by atoms with van der Waals surface area (Å²) in [7, 11) is 0. The first-order valence-corrected chi connectivity index (χ1v) is 5.34. The molecule has 0 amide bonds. The van der Waals surface area contributed by atoms with Gasteiger partial charge in [0.2, 0.25) is 0 Å². The van der Waals surface area contributed by atoms with Crippen LogP contribution in [0.1, 0.15) is 46.0 Å². The summed E-state index contributed by atoms with van der Waals surface area (Å²) in [6.07, 6.45) is 7.50. The minimum atomic E-state index is 1.08. The third kappa shape index (κ3) is 1.02. The van der Waals surface area contributed by atoms with Gasteiger partial charge in [-0.1, -0.05) is 26.7 Å². The van der Waals surface area contributed by atoms with Gasteiger partial charge in [0.1, 0.15) is 0 Å². The van der Waals surface area contributed by atoms with Crippen molar-refractivity contribution in [2.75, 3.05) is 0 Å². The minimum Gasteiger partial charge on any atom is -0.0654 e. The molecule has 0 N–H and O–H groups in total. The van der Waals surface area contributed by atoms with Crippen LogP contribution in [0.25, 0.3) is 0 Å². The summed E-state index contributed by atoms with van der Waals surface area (Å²) in [5, 5.41) is 0. The van der Waals surface area contributed by atoms with Gasteiger partial charge in [-0.05, 0) is 42.9 Å². The molecule has 2 rings (SSSR count). The molecule has 0 heteroatoms. The van der Waals surface area contributed by atoms with E-state index in [2.05, 4.69) is 13.8 Å². The third-order valence-corrected chi connectivity index (χ3v) is 4.17. The fraction of sp³-hybridized carbons (Fsp3) is 1.00. The van der Waals surface area contributed by atoms with Gasteiger partial charge in [0, 0.05) is 0 Å². The summed E-state index contributed by atoms with van der Waals surface area (Å²) in [5.41, 5.74) is 0. The molecule has 0 heterocycles. The predicted molar refractivity (Wildman–Crippen MR) is 48.4 cm³/mol. The summed E-state index contributed by atoms with van der Waals surface area (Å²) in [4.78, 5) is 0. The lowest BCUT2D eigenvalue weighted by Gasteiger charge is -2.59. The van der Waals surface area contributed by atoms with E-state index in [1.165, 1.54) is 25.2 Å². The lowest BCUT2D eigenvalue weighted by Crippen LogP contribution is -2.51. The van der Waals surface area contributed by atoms with Crippen molar-refractivity contribution >= 4 is 0 Å². The number of unbranched alkanes of at least 4 members (excludes halogenated alkanes) is 1. The number of hydrogen-bond acceptors (Lipinski definition) is 0. The molecule has 2 saturated carbocycles. The molecule has 0 radical (unpaired) electrons. The van der Waals surface area contributed by atoms with Crippen molar-refractivity contribution in [2.45, 2.75) is 46.0 Å². The molecule has 2 fully saturated rings. The molecule has 64 valence electrons. The van der Waals surface area contributed by atoms with E-state index in [4.69, 9.17) is 0 Å². The zero-order valence-electron chi connectivity index (χ0n) is 7.84. The van der Waals surface area contributed by atoms with Crippen molar-refractivity contribution in [1.82, 2.24) is 0 Å². The molecule has 0 saturated heterocycles. The van der Waals surface area contributed by atoms with Crippen molar-refractivity contribution in [3.8, 4) is 0 Å². The van der Waals surface area contributed by atoms with Gasteiger partial charge < -0.3 is 0 Å². The Morgan fingerprint density at radius 3 is 2.36 bits per heavy atom. The summed E-state index contributed by atoms with van der Waals surface area (Å²) in [5.74, 6) is 4.56. The normalized spacial score (nSPS) is 47.5. The summed E-state index contributed by atoms with van der Waals surface area (Å²) in [6.45, 7) is 4.78. The second-order valence-electron chi connectivity index (χ2n) is 4.57. The van der Waals surface area contributed by atoms with Crippen molar-refractivity contribution in [1.29, 1.82) is 0 Å². The first kappa shape index (κ1) is 7.64. The Balaban J connectivity index is 1.77. The standard InChI is InChI=1S/C11H20/c1-3-4-5-9-8(2)10-6-7-11(9)10/h8-11H,3-7H2,1-2H3. The largest absolute Gasteiger partial charge is 0.0654 e. The first-order chi connectivity index (χ1) is 5.34. The average Bonchev–Trinajstić information content (AvgIpc) is 1.95. The molecule has 0 spiro atoms. The van der Waals surface area contributed by atoms with Crippen molar-refractivity contribution < 1.29 is 0 Å². The van der Waals surface area contributed by atoms with E-state index >= 15 is 0 Å². The third-order valence-electron chi connectivity index (χ3n) is 4.17. The summed E-state index contributed by atoms with van der Waals surface area (Å²) in [6, 6.07) is 0. The van der Waals surface area contributed by atoms with Crippen LogP contribution in [0.2, 0.25) is 0 Å². The molecule has 2 aliphatic rings. The van der Waals surface area contributed by atoms with E-state index in [0.717, 1.165) is 17.8 Å². The van der Waals surface area contributed by atoms with Gasteiger partial charge in [0.25, 0.3) is 0 Å². The Labute approximate surface area is 70.4 Å². The number of rotatable bonds is 3. The van der Waals surface area contributed by atoms with Gasteiger partial charge in [-0.15, -0.1) is 0 Å². The van der Waals surface area contributed by atoms with Crippen molar-refractivity contribution in [2.24, 2.45) is 23.7 Å². The molecule has 2 aliphatic carbocycles. The molecule has 0 aliphatic heterocycles. The first-order valence-electron chi connectivity index (χ1n) is 5.34. The van der Waals surface area contributed by atoms with Gasteiger partial charge in [-0.25, -0.2) is 0 Å². The second-order valence-corrected chi connectivity index (χ2v) is 4.57. The average molecular weight is 152 g/mol. The summed E-state index contributed by atoms with van der Waals surface area (Å²) >= 11 is 0. The van der Waals surface area contributed by atoms with E-state index in [1.807, 2.05) is 0 Å². The Kier molecular flexibility index (Phi) is 1.95. The molecule has 4 unspecified atom stereocenters. The fourth-order valence-corrected chi connectivity index (χ4v) is 3.21. The highest BCUT2D eigenvalue weighted by Crippen LogP contribution is 2.59. The molecule has 4 atom stereocenters. The van der Waals surface area contributed by atoms with E-state index in [1.54, 1.807) is 12.8 Å². The van der Waals surface area contributed by atoms with Gasteiger partial charge >= 0.3 is 0 Å². The van der Waals surface area contributed by atoms with Gasteiger partial charge in [-0.3, -0.25) is 0 Å². The Morgan fingerprint density at radius 2 is 1.91 bits per heavy atom. The van der Waals surface area contributed by atoms with Crippen molar-refractivity contribution in [3.05, 3.63) is 0 Å². The van der Waals surface area contributed by atoms with Gasteiger partial charge in [0.05, 0.1) is 0 Å². The van der Waals surface area contributed by atoms with Gasteiger partial charge in [-0.2, -0.15) is 0 Å². The number of fused-ring (bicyclic) bond motifs is 1. The topological polar surface area (TPSA) is 0 Å². The van der Waals surface area contributed by atoms with Crippen LogP contribution in [-0.2, 0) is 0 Å². The highest BCUT2D eigenvalue weighted by molar-refractivity contribution is 5.00. The lowest BCUT2D eigenvalue weighted by atomic mass is 9.46. The fourth-order valence-electron chi connectivity index (χ4n) is 3.21. The maximum absolute atomic E-state index is 2.47. The van der Waals surface area contributed by atoms with Crippen LogP contribution < -0.4 is 0 Å². The van der Waals surface area contributed by atoms with E-state index in [9.17, 15) is 0 Å². The molecule has 0 nitrogen and oxygen atoms in total. The molecular weight excluding hydrogens is 132 g/mol. The van der Waals surface area contributed by atoms with E-state index < -0.39 is 0 Å². The minimum absolute atomic E-state index is 1.08. The molecule has 0 aromatic heterocycles. The SMILES string of the molecule is CCCCC1C(C)C2CCC12. The zero-order chi connectivity index (χ0) is 7.84. The molecule has 0 aromatic rings. The van der Waals surface area contributed by atoms with E-state index in [-0.39, 0.29) is 0 Å². The Morgan fingerprint density at radius 1 is 1.18 bits per heavy atom. The van der Waals surface area contributed by atoms with Crippen LogP contribution in [0.5, 0.6) is 0 Å². The smallest absolute Gasteiger partial charge is 0.0352 e. The Hall–Kier alpha value is 0. The monoisotopic (exact) mass is 152 g/mol. The molecular formula is C11H20. The molecule has 0 bridgehead atoms. The molecule has 0 aromatic carbocycles. The van der Waals surface area contributed by atoms with Gasteiger partial charge in [0.15, 0.2) is 0 Å². The maximum atomic E-state index is 2.47. The highest BCUT2D eigenvalue weighted by Gasteiger charge is 2.51.